The van der Waals surface area contributed by atoms with Gasteiger partial charge < -0.3 is 9.30 Å². The van der Waals surface area contributed by atoms with E-state index in [2.05, 4.69) is 31.6 Å². The van der Waals surface area contributed by atoms with Crippen molar-refractivity contribution < 1.29 is 4.74 Å². The lowest BCUT2D eigenvalue weighted by Crippen LogP contribution is -2.46. The average Bonchev–Trinajstić information content (AvgIpc) is 2.83. The first-order chi connectivity index (χ1) is 11.7. The molecule has 4 rings (SSSR count). The minimum atomic E-state index is 0.440. The first-order valence-electron chi connectivity index (χ1n) is 8.93. The molecular formula is C18H25N5O. The van der Waals surface area contributed by atoms with E-state index in [-0.39, 0.29) is 0 Å². The van der Waals surface area contributed by atoms with Gasteiger partial charge in [-0.05, 0) is 38.8 Å². The Kier molecular flexibility index (Phi) is 4.22. The lowest BCUT2D eigenvalue weighted by atomic mass is 9.90. The van der Waals surface area contributed by atoms with Crippen molar-refractivity contribution in [1.82, 2.24) is 24.6 Å². The van der Waals surface area contributed by atoms with E-state index in [4.69, 9.17) is 4.74 Å². The van der Waals surface area contributed by atoms with Crippen LogP contribution in [0.2, 0.25) is 0 Å². The van der Waals surface area contributed by atoms with Crippen molar-refractivity contribution in [1.29, 1.82) is 0 Å². The van der Waals surface area contributed by atoms with Crippen molar-refractivity contribution >= 4 is 0 Å². The lowest BCUT2D eigenvalue weighted by molar-refractivity contribution is 0.0886. The van der Waals surface area contributed by atoms with Crippen molar-refractivity contribution in [3.63, 3.8) is 0 Å². The summed E-state index contributed by atoms with van der Waals surface area (Å²) in [6, 6.07) is 5.21. The molecule has 6 nitrogen and oxygen atoms in total. The lowest BCUT2D eigenvalue weighted by Gasteiger charge is -2.40. The van der Waals surface area contributed by atoms with Crippen LogP contribution in [0.25, 0.3) is 0 Å². The number of aryl methyl sites for hydroxylation is 1. The zero-order chi connectivity index (χ0) is 16.5. The van der Waals surface area contributed by atoms with Gasteiger partial charge in [0.25, 0.3) is 0 Å². The van der Waals surface area contributed by atoms with E-state index >= 15 is 0 Å². The molecule has 0 N–H and O–H groups in total. The largest absolute Gasteiger partial charge is 0.484 e. The van der Waals surface area contributed by atoms with Crippen LogP contribution in [0.1, 0.15) is 43.5 Å². The van der Waals surface area contributed by atoms with E-state index in [0.29, 0.717) is 12.6 Å². The number of fused-ring (bicyclic) bond motifs is 1. The summed E-state index contributed by atoms with van der Waals surface area (Å²) in [7, 11) is 0. The third kappa shape index (κ3) is 3.02. The van der Waals surface area contributed by atoms with Gasteiger partial charge in [0.05, 0.1) is 6.20 Å². The highest BCUT2D eigenvalue weighted by molar-refractivity contribution is 5.19. The Morgan fingerprint density at radius 1 is 1.21 bits per heavy atom. The minimum absolute atomic E-state index is 0.440. The highest BCUT2D eigenvalue weighted by Crippen LogP contribution is 2.28. The Morgan fingerprint density at radius 2 is 2.08 bits per heavy atom. The SMILES string of the molecule is Cc1ccc(OCc2nnc3n2CCN(C2CCC2)[C@H](C)C3)cn1. The van der Waals surface area contributed by atoms with E-state index in [1.54, 1.807) is 6.20 Å². The van der Waals surface area contributed by atoms with Crippen LogP contribution in [0.15, 0.2) is 18.3 Å². The van der Waals surface area contributed by atoms with Crippen LogP contribution in [0, 0.1) is 6.92 Å². The smallest absolute Gasteiger partial charge is 0.171 e. The summed E-state index contributed by atoms with van der Waals surface area (Å²) >= 11 is 0. The molecule has 2 aromatic heterocycles. The molecule has 24 heavy (non-hydrogen) atoms. The average molecular weight is 327 g/mol. The number of hydrogen-bond acceptors (Lipinski definition) is 5. The van der Waals surface area contributed by atoms with Crippen LogP contribution in [0.5, 0.6) is 5.75 Å². The number of ether oxygens (including phenoxy) is 1. The van der Waals surface area contributed by atoms with Crippen molar-refractivity contribution in [2.24, 2.45) is 0 Å². The highest BCUT2D eigenvalue weighted by atomic mass is 16.5. The summed E-state index contributed by atoms with van der Waals surface area (Å²) < 4.78 is 8.09. The molecule has 3 heterocycles. The van der Waals surface area contributed by atoms with Crippen molar-refractivity contribution in [2.75, 3.05) is 6.54 Å². The van der Waals surface area contributed by atoms with Gasteiger partial charge in [-0.25, -0.2) is 0 Å². The summed E-state index contributed by atoms with van der Waals surface area (Å²) in [6.07, 6.45) is 6.80. The zero-order valence-electron chi connectivity index (χ0n) is 14.5. The predicted octanol–water partition coefficient (Wildman–Crippen LogP) is 2.36. The maximum Gasteiger partial charge on any atom is 0.171 e. The fourth-order valence-electron chi connectivity index (χ4n) is 3.65. The van der Waals surface area contributed by atoms with Gasteiger partial charge in [0.1, 0.15) is 18.2 Å². The molecule has 128 valence electrons. The fourth-order valence-corrected chi connectivity index (χ4v) is 3.65. The normalized spacial score (nSPS) is 21.8. The topological polar surface area (TPSA) is 56.1 Å². The van der Waals surface area contributed by atoms with Gasteiger partial charge in [0.15, 0.2) is 5.82 Å². The molecule has 1 aliphatic carbocycles. The van der Waals surface area contributed by atoms with E-state index in [0.717, 1.165) is 48.6 Å². The summed E-state index contributed by atoms with van der Waals surface area (Å²) in [5.74, 6) is 2.77. The van der Waals surface area contributed by atoms with Gasteiger partial charge in [-0.15, -0.1) is 10.2 Å². The molecule has 0 amide bonds. The molecule has 0 aromatic carbocycles. The molecule has 0 saturated heterocycles. The van der Waals surface area contributed by atoms with Crippen molar-refractivity contribution in [2.45, 2.75) is 64.8 Å². The molecule has 0 radical (unpaired) electrons. The summed E-state index contributed by atoms with van der Waals surface area (Å²) in [5, 5.41) is 8.78. The Morgan fingerprint density at radius 3 is 2.79 bits per heavy atom. The van der Waals surface area contributed by atoms with E-state index in [1.165, 1.54) is 19.3 Å². The molecular weight excluding hydrogens is 302 g/mol. The van der Waals surface area contributed by atoms with Crippen LogP contribution < -0.4 is 4.74 Å². The van der Waals surface area contributed by atoms with Crippen molar-refractivity contribution in [3.8, 4) is 5.75 Å². The first-order valence-corrected chi connectivity index (χ1v) is 8.93. The Balaban J connectivity index is 1.45. The molecule has 2 aliphatic rings. The van der Waals surface area contributed by atoms with Crippen LogP contribution in [0.3, 0.4) is 0 Å². The minimum Gasteiger partial charge on any atom is -0.484 e. The second kappa shape index (κ2) is 6.51. The van der Waals surface area contributed by atoms with E-state index < -0.39 is 0 Å². The number of hydrogen-bond donors (Lipinski definition) is 0. The Hall–Kier alpha value is -1.95. The molecule has 1 atom stereocenters. The van der Waals surface area contributed by atoms with E-state index in [9.17, 15) is 0 Å². The van der Waals surface area contributed by atoms with Crippen molar-refractivity contribution in [3.05, 3.63) is 35.7 Å². The predicted molar refractivity (Wildman–Crippen MR) is 90.8 cm³/mol. The Labute approximate surface area is 142 Å². The molecule has 0 spiro atoms. The second-order valence-electron chi connectivity index (χ2n) is 6.98. The van der Waals surface area contributed by atoms with Crippen LogP contribution in [0.4, 0.5) is 0 Å². The molecule has 0 bridgehead atoms. The summed E-state index contributed by atoms with van der Waals surface area (Å²) in [6.45, 7) is 6.76. The monoisotopic (exact) mass is 327 g/mol. The number of rotatable bonds is 4. The third-order valence-corrected chi connectivity index (χ3v) is 5.33. The zero-order valence-corrected chi connectivity index (χ0v) is 14.5. The van der Waals surface area contributed by atoms with E-state index in [1.807, 2.05) is 19.1 Å². The molecule has 1 saturated carbocycles. The summed E-state index contributed by atoms with van der Waals surface area (Å²) in [5.41, 5.74) is 0.990. The second-order valence-corrected chi connectivity index (χ2v) is 6.98. The van der Waals surface area contributed by atoms with Gasteiger partial charge in [0.2, 0.25) is 0 Å². The molecule has 1 fully saturated rings. The summed E-state index contributed by atoms with van der Waals surface area (Å²) in [4.78, 5) is 6.92. The maximum absolute atomic E-state index is 5.85. The standard InChI is InChI=1S/C18H25N5O/c1-13-6-7-16(11-19-13)24-12-18-21-20-17-10-14(2)22(8-9-23(17)18)15-4-3-5-15/h6-7,11,14-15H,3-5,8-10,12H2,1-2H3/t14-/m1/s1. The third-order valence-electron chi connectivity index (χ3n) is 5.33. The fraction of sp³-hybridized carbons (Fsp3) is 0.611. The van der Waals surface area contributed by atoms with Gasteiger partial charge in [-0.1, -0.05) is 6.42 Å². The van der Waals surface area contributed by atoms with Gasteiger partial charge in [-0.3, -0.25) is 9.88 Å². The molecule has 2 aromatic rings. The molecule has 1 aliphatic heterocycles. The van der Waals surface area contributed by atoms with Crippen LogP contribution in [-0.4, -0.2) is 43.3 Å². The van der Waals surface area contributed by atoms with Gasteiger partial charge in [0, 0.05) is 37.3 Å². The number of nitrogens with zero attached hydrogens (tertiary/aromatic N) is 5. The van der Waals surface area contributed by atoms with Crippen LogP contribution in [-0.2, 0) is 19.6 Å². The number of pyridine rings is 1. The van der Waals surface area contributed by atoms with Gasteiger partial charge in [-0.2, -0.15) is 0 Å². The molecule has 0 unspecified atom stereocenters. The van der Waals surface area contributed by atoms with Crippen LogP contribution >= 0.6 is 0 Å². The quantitative estimate of drug-likeness (QED) is 0.863. The number of aromatic nitrogens is 4. The highest BCUT2D eigenvalue weighted by Gasteiger charge is 2.31. The molecule has 6 heteroatoms. The van der Waals surface area contributed by atoms with Gasteiger partial charge >= 0.3 is 0 Å². The Bertz CT molecular complexity index is 692. The maximum atomic E-state index is 5.85. The first kappa shape index (κ1) is 15.6.